The molecule has 2 heterocycles. The Morgan fingerprint density at radius 2 is 2.04 bits per heavy atom. The molecule has 0 aliphatic heterocycles. The van der Waals surface area contributed by atoms with Gasteiger partial charge in [0.15, 0.2) is 5.65 Å². The van der Waals surface area contributed by atoms with Gasteiger partial charge >= 0.3 is 6.36 Å². The predicted octanol–water partition coefficient (Wildman–Crippen LogP) is 3.11. The highest BCUT2D eigenvalue weighted by Crippen LogP contribution is 2.25. The number of nitrogens with one attached hydrogen (secondary N) is 2. The summed E-state index contributed by atoms with van der Waals surface area (Å²) in [6.45, 7) is 0. The number of ether oxygens (including phenoxy) is 1. The standard InChI is InChI=1S/C14H9F3N4O2/c15-14(16,17)23-9-3-1-2-8(6-9)21-13(22)10-4-5-18-12-11(10)19-7-20-12/h1-7H,(H,21,22)(H,18,19,20). The molecular weight excluding hydrogens is 313 g/mol. The van der Waals surface area contributed by atoms with E-state index in [0.29, 0.717) is 11.2 Å². The molecule has 0 saturated heterocycles. The van der Waals surface area contributed by atoms with Gasteiger partial charge in [0.25, 0.3) is 5.91 Å². The van der Waals surface area contributed by atoms with Crippen molar-refractivity contribution in [1.29, 1.82) is 0 Å². The summed E-state index contributed by atoms with van der Waals surface area (Å²) >= 11 is 0. The molecule has 0 atom stereocenters. The number of carbonyl (C=O) groups is 1. The third-order valence-corrected chi connectivity index (χ3v) is 2.90. The molecule has 3 aromatic rings. The van der Waals surface area contributed by atoms with E-state index in [-0.39, 0.29) is 11.3 Å². The van der Waals surface area contributed by atoms with Crippen molar-refractivity contribution >= 4 is 22.8 Å². The van der Waals surface area contributed by atoms with E-state index >= 15 is 0 Å². The first kappa shape index (κ1) is 14.8. The lowest BCUT2D eigenvalue weighted by atomic mass is 10.2. The number of pyridine rings is 1. The molecule has 0 saturated carbocycles. The van der Waals surface area contributed by atoms with E-state index in [9.17, 15) is 18.0 Å². The molecule has 1 amide bonds. The number of rotatable bonds is 3. The molecular formula is C14H9F3N4O2. The molecule has 0 aliphatic rings. The van der Waals surface area contributed by atoms with Crippen molar-refractivity contribution in [3.8, 4) is 5.75 Å². The van der Waals surface area contributed by atoms with Gasteiger partial charge in [-0.05, 0) is 18.2 Å². The van der Waals surface area contributed by atoms with Crippen LogP contribution in [0.5, 0.6) is 5.75 Å². The normalized spacial score (nSPS) is 11.4. The van der Waals surface area contributed by atoms with E-state index in [1.807, 2.05) is 0 Å². The zero-order chi connectivity index (χ0) is 16.4. The zero-order valence-corrected chi connectivity index (χ0v) is 11.4. The fourth-order valence-electron chi connectivity index (χ4n) is 2.01. The van der Waals surface area contributed by atoms with Gasteiger partial charge < -0.3 is 15.0 Å². The van der Waals surface area contributed by atoms with Crippen molar-refractivity contribution in [3.63, 3.8) is 0 Å². The highest BCUT2D eigenvalue weighted by Gasteiger charge is 2.31. The van der Waals surface area contributed by atoms with Crippen LogP contribution in [-0.4, -0.2) is 27.2 Å². The van der Waals surface area contributed by atoms with E-state index in [2.05, 4.69) is 25.0 Å². The molecule has 6 nitrogen and oxygen atoms in total. The van der Waals surface area contributed by atoms with Crippen molar-refractivity contribution in [2.24, 2.45) is 0 Å². The quantitative estimate of drug-likeness (QED) is 0.776. The molecule has 0 bridgehead atoms. The fraction of sp³-hybridized carbons (Fsp3) is 0.0714. The fourth-order valence-corrected chi connectivity index (χ4v) is 2.01. The maximum absolute atomic E-state index is 12.3. The number of anilines is 1. The molecule has 118 valence electrons. The van der Waals surface area contributed by atoms with Crippen LogP contribution in [0, 0.1) is 0 Å². The Hall–Kier alpha value is -3.10. The SMILES string of the molecule is O=C(Nc1cccc(OC(F)(F)F)c1)c1ccnc2nc[nH]c12. The lowest BCUT2D eigenvalue weighted by molar-refractivity contribution is -0.274. The van der Waals surface area contributed by atoms with Crippen LogP contribution in [0.1, 0.15) is 10.4 Å². The van der Waals surface area contributed by atoms with Crippen LogP contribution >= 0.6 is 0 Å². The van der Waals surface area contributed by atoms with E-state index in [1.165, 1.54) is 30.7 Å². The minimum Gasteiger partial charge on any atom is -0.406 e. The van der Waals surface area contributed by atoms with Crippen LogP contribution in [0.4, 0.5) is 18.9 Å². The highest BCUT2D eigenvalue weighted by atomic mass is 19.4. The van der Waals surface area contributed by atoms with Gasteiger partial charge in [-0.1, -0.05) is 6.07 Å². The Kier molecular flexibility index (Phi) is 3.61. The Labute approximate surface area is 127 Å². The van der Waals surface area contributed by atoms with Gasteiger partial charge in [-0.25, -0.2) is 9.97 Å². The summed E-state index contributed by atoms with van der Waals surface area (Å²) in [6, 6.07) is 6.49. The number of halogens is 3. The second-order valence-electron chi connectivity index (χ2n) is 4.49. The van der Waals surface area contributed by atoms with Gasteiger partial charge in [-0.3, -0.25) is 4.79 Å². The van der Waals surface area contributed by atoms with Crippen molar-refractivity contribution < 1.29 is 22.7 Å². The number of aromatic amines is 1. The second kappa shape index (κ2) is 5.59. The average molecular weight is 322 g/mol. The van der Waals surface area contributed by atoms with Gasteiger partial charge in [0.1, 0.15) is 5.75 Å². The summed E-state index contributed by atoms with van der Waals surface area (Å²) in [5.74, 6) is -0.928. The number of benzene rings is 1. The molecule has 3 rings (SSSR count). The molecule has 0 fully saturated rings. The number of hydrogen-bond acceptors (Lipinski definition) is 4. The van der Waals surface area contributed by atoms with E-state index in [1.54, 1.807) is 0 Å². The van der Waals surface area contributed by atoms with Gasteiger partial charge in [-0.15, -0.1) is 13.2 Å². The summed E-state index contributed by atoms with van der Waals surface area (Å²) in [6.07, 6.45) is -1.98. The number of hydrogen-bond donors (Lipinski definition) is 2. The molecule has 23 heavy (non-hydrogen) atoms. The smallest absolute Gasteiger partial charge is 0.406 e. The molecule has 0 unspecified atom stereocenters. The molecule has 2 N–H and O–H groups in total. The molecule has 9 heteroatoms. The average Bonchev–Trinajstić information content (AvgIpc) is 2.93. The molecule has 2 aromatic heterocycles. The van der Waals surface area contributed by atoms with Gasteiger partial charge in [0, 0.05) is 18.0 Å². The van der Waals surface area contributed by atoms with Crippen molar-refractivity contribution in [2.45, 2.75) is 6.36 Å². The maximum Gasteiger partial charge on any atom is 0.573 e. The minimum atomic E-state index is -4.80. The topological polar surface area (TPSA) is 79.9 Å². The summed E-state index contributed by atoms with van der Waals surface area (Å²) in [7, 11) is 0. The third kappa shape index (κ3) is 3.39. The first-order valence-corrected chi connectivity index (χ1v) is 6.37. The van der Waals surface area contributed by atoms with Crippen LogP contribution in [0.25, 0.3) is 11.2 Å². The molecule has 1 aromatic carbocycles. The maximum atomic E-state index is 12.3. The van der Waals surface area contributed by atoms with Crippen molar-refractivity contribution in [3.05, 3.63) is 48.4 Å². The van der Waals surface area contributed by atoms with Gasteiger partial charge in [0.05, 0.1) is 17.4 Å². The Bertz CT molecular complexity index is 860. The number of amides is 1. The van der Waals surface area contributed by atoms with E-state index < -0.39 is 18.0 Å². The van der Waals surface area contributed by atoms with Crippen molar-refractivity contribution in [2.75, 3.05) is 5.32 Å². The second-order valence-corrected chi connectivity index (χ2v) is 4.49. The van der Waals surface area contributed by atoms with Crippen LogP contribution in [0.15, 0.2) is 42.9 Å². The number of carbonyl (C=O) groups excluding carboxylic acids is 1. The number of fused-ring (bicyclic) bond motifs is 1. The summed E-state index contributed by atoms with van der Waals surface area (Å²) in [5, 5.41) is 2.50. The Morgan fingerprint density at radius 1 is 1.22 bits per heavy atom. The highest BCUT2D eigenvalue weighted by molar-refractivity contribution is 6.10. The zero-order valence-electron chi connectivity index (χ0n) is 11.4. The largest absolute Gasteiger partial charge is 0.573 e. The van der Waals surface area contributed by atoms with Crippen molar-refractivity contribution in [1.82, 2.24) is 15.0 Å². The number of aromatic nitrogens is 3. The van der Waals surface area contributed by atoms with Crippen LogP contribution in [-0.2, 0) is 0 Å². The van der Waals surface area contributed by atoms with E-state index in [0.717, 1.165) is 12.1 Å². The number of H-pyrrole nitrogens is 1. The summed E-state index contributed by atoms with van der Waals surface area (Å²) < 4.78 is 40.4. The van der Waals surface area contributed by atoms with Crippen LogP contribution in [0.2, 0.25) is 0 Å². The predicted molar refractivity (Wildman–Crippen MR) is 75.0 cm³/mol. The third-order valence-electron chi connectivity index (χ3n) is 2.90. The number of nitrogens with zero attached hydrogens (tertiary/aromatic N) is 2. The Morgan fingerprint density at radius 3 is 2.83 bits per heavy atom. The molecule has 0 spiro atoms. The van der Waals surface area contributed by atoms with E-state index in [4.69, 9.17) is 0 Å². The van der Waals surface area contributed by atoms with Crippen LogP contribution < -0.4 is 10.1 Å². The lowest BCUT2D eigenvalue weighted by Crippen LogP contribution is -2.17. The molecule has 0 radical (unpaired) electrons. The Balaban J connectivity index is 1.83. The van der Waals surface area contributed by atoms with Crippen LogP contribution in [0.3, 0.4) is 0 Å². The summed E-state index contributed by atoms with van der Waals surface area (Å²) in [4.78, 5) is 23.0. The number of alkyl halides is 3. The first-order valence-electron chi connectivity index (χ1n) is 6.37. The first-order chi connectivity index (χ1) is 10.9. The monoisotopic (exact) mass is 322 g/mol. The minimum absolute atomic E-state index is 0.168. The lowest BCUT2D eigenvalue weighted by Gasteiger charge is -2.11. The summed E-state index contributed by atoms with van der Waals surface area (Å²) in [5.41, 5.74) is 1.25. The van der Waals surface area contributed by atoms with Gasteiger partial charge in [0.2, 0.25) is 0 Å². The van der Waals surface area contributed by atoms with Gasteiger partial charge in [-0.2, -0.15) is 0 Å². The number of imidazole rings is 1. The molecule has 0 aliphatic carbocycles.